The number of quaternary nitrogens is 1. The fourth-order valence-corrected chi connectivity index (χ4v) is 3.39. The lowest BCUT2D eigenvalue weighted by molar-refractivity contribution is -0.926. The highest BCUT2D eigenvalue weighted by Crippen LogP contribution is 2.12. The van der Waals surface area contributed by atoms with Gasteiger partial charge in [0.2, 0.25) is 5.91 Å². The largest absolute Gasteiger partial charge is 0.378 e. The summed E-state index contributed by atoms with van der Waals surface area (Å²) in [6.45, 7) is 7.64. The zero-order valence-corrected chi connectivity index (χ0v) is 19.0. The second kappa shape index (κ2) is 10.8. The number of carbonyl (C=O) groups is 2. The van der Waals surface area contributed by atoms with Gasteiger partial charge in [-0.15, -0.1) is 0 Å². The van der Waals surface area contributed by atoms with E-state index >= 15 is 0 Å². The van der Waals surface area contributed by atoms with Crippen molar-refractivity contribution in [3.8, 4) is 0 Å². The number of rotatable bonds is 9. The molecule has 0 aliphatic carbocycles. The molecule has 0 bridgehead atoms. The van der Waals surface area contributed by atoms with Gasteiger partial charge in [-0.25, -0.2) is 0 Å². The molecule has 2 atom stereocenters. The maximum atomic E-state index is 12.9. The molecule has 0 aliphatic rings. The molecule has 2 amide bonds. The fraction of sp³-hybridized carbons (Fsp3) is 0.417. The Morgan fingerprint density at radius 3 is 2.13 bits per heavy atom. The maximum absolute atomic E-state index is 12.9. The van der Waals surface area contributed by atoms with E-state index in [0.717, 1.165) is 30.0 Å². The quantitative estimate of drug-likeness (QED) is 0.663. The Balaban J connectivity index is 1.93. The van der Waals surface area contributed by atoms with E-state index < -0.39 is 0 Å². The third-order valence-corrected chi connectivity index (χ3v) is 5.41. The number of likely N-dealkylation sites (N-methyl/N-ethyl adjacent to an activating group) is 2. The van der Waals surface area contributed by atoms with Crippen molar-refractivity contribution in [2.75, 3.05) is 44.4 Å². The molecule has 0 heterocycles. The molecule has 162 valence electrons. The minimum atomic E-state index is -0.235. The molecule has 0 saturated heterocycles. The molecule has 2 aromatic rings. The molecule has 0 aromatic heterocycles. The molecule has 2 N–H and O–H groups in total. The number of amides is 2. The lowest BCUT2D eigenvalue weighted by atomic mass is 10.1. The summed E-state index contributed by atoms with van der Waals surface area (Å²) in [5.74, 6) is -0.227. The van der Waals surface area contributed by atoms with Crippen molar-refractivity contribution < 1.29 is 14.5 Å². The summed E-state index contributed by atoms with van der Waals surface area (Å²) in [4.78, 5) is 30.0. The Bertz CT molecular complexity index is 831. The van der Waals surface area contributed by atoms with Crippen molar-refractivity contribution in [3.05, 3.63) is 59.7 Å². The van der Waals surface area contributed by atoms with Crippen LogP contribution in [0.5, 0.6) is 0 Å². The third kappa shape index (κ3) is 6.59. The first-order valence-electron chi connectivity index (χ1n) is 10.4. The monoisotopic (exact) mass is 411 g/mol. The minimum absolute atomic E-state index is 0.0317. The molecule has 6 heteroatoms. The van der Waals surface area contributed by atoms with Crippen LogP contribution in [0.25, 0.3) is 0 Å². The van der Waals surface area contributed by atoms with E-state index in [2.05, 4.69) is 41.4 Å². The first-order valence-corrected chi connectivity index (χ1v) is 10.4. The van der Waals surface area contributed by atoms with Crippen LogP contribution in [0.2, 0.25) is 0 Å². The van der Waals surface area contributed by atoms with Gasteiger partial charge in [0, 0.05) is 38.1 Å². The van der Waals surface area contributed by atoms with Crippen LogP contribution in [0.15, 0.2) is 48.5 Å². The average molecular weight is 412 g/mol. The SMILES string of the molecule is CC[NH+](Cc1ccc(N(C)C)cc1)[C@H](C)C(=O)N(C)CC(=O)Nc1ccc(C)cc1. The molecule has 2 rings (SSSR count). The Hall–Kier alpha value is -2.86. The third-order valence-electron chi connectivity index (χ3n) is 5.41. The Morgan fingerprint density at radius 2 is 1.60 bits per heavy atom. The highest BCUT2D eigenvalue weighted by molar-refractivity contribution is 5.94. The standard InChI is InChI=1S/C24H34N4O2/c1-7-28(16-20-10-14-22(15-11-20)26(4)5)19(3)24(30)27(6)17-23(29)25-21-12-8-18(2)9-13-21/h8-15,19H,7,16-17H2,1-6H3,(H,25,29)/p+1/t19-/m1/s1. The second-order valence-corrected chi connectivity index (χ2v) is 8.08. The van der Waals surface area contributed by atoms with Crippen molar-refractivity contribution in [2.24, 2.45) is 0 Å². The van der Waals surface area contributed by atoms with Crippen molar-refractivity contribution in [1.82, 2.24) is 4.90 Å². The van der Waals surface area contributed by atoms with Crippen molar-refractivity contribution in [3.63, 3.8) is 0 Å². The number of anilines is 2. The van der Waals surface area contributed by atoms with Gasteiger partial charge in [0.15, 0.2) is 6.04 Å². The first kappa shape index (κ1) is 23.4. The van der Waals surface area contributed by atoms with Gasteiger partial charge in [-0.3, -0.25) is 9.59 Å². The first-order chi connectivity index (χ1) is 14.2. The normalized spacial score (nSPS) is 12.7. The Kier molecular flexibility index (Phi) is 8.42. The van der Waals surface area contributed by atoms with E-state index in [9.17, 15) is 9.59 Å². The molecule has 0 saturated carbocycles. The van der Waals surface area contributed by atoms with E-state index in [1.165, 1.54) is 15.4 Å². The minimum Gasteiger partial charge on any atom is -0.378 e. The van der Waals surface area contributed by atoms with Gasteiger partial charge in [-0.2, -0.15) is 0 Å². The molecule has 6 nitrogen and oxygen atoms in total. The number of hydrogen-bond acceptors (Lipinski definition) is 3. The van der Waals surface area contributed by atoms with E-state index in [4.69, 9.17) is 0 Å². The van der Waals surface area contributed by atoms with Crippen LogP contribution in [0, 0.1) is 6.92 Å². The summed E-state index contributed by atoms with van der Waals surface area (Å²) in [5, 5.41) is 2.85. The van der Waals surface area contributed by atoms with Crippen molar-refractivity contribution in [1.29, 1.82) is 0 Å². The number of hydrogen-bond donors (Lipinski definition) is 2. The van der Waals surface area contributed by atoms with Crippen LogP contribution in [0.4, 0.5) is 11.4 Å². The van der Waals surface area contributed by atoms with E-state index in [1.54, 1.807) is 7.05 Å². The number of nitrogens with zero attached hydrogens (tertiary/aromatic N) is 2. The van der Waals surface area contributed by atoms with Crippen LogP contribution >= 0.6 is 0 Å². The average Bonchev–Trinajstić information content (AvgIpc) is 2.72. The molecule has 1 unspecified atom stereocenters. The molecular weight excluding hydrogens is 376 g/mol. The number of aryl methyl sites for hydroxylation is 1. The zero-order chi connectivity index (χ0) is 22.3. The summed E-state index contributed by atoms with van der Waals surface area (Å²) in [7, 11) is 5.72. The van der Waals surface area contributed by atoms with Gasteiger partial charge >= 0.3 is 0 Å². The molecule has 30 heavy (non-hydrogen) atoms. The molecule has 2 aromatic carbocycles. The molecule has 0 aliphatic heterocycles. The van der Waals surface area contributed by atoms with Crippen LogP contribution in [0.1, 0.15) is 25.0 Å². The highest BCUT2D eigenvalue weighted by Gasteiger charge is 2.27. The van der Waals surface area contributed by atoms with Gasteiger partial charge in [0.25, 0.3) is 5.91 Å². The number of nitrogens with one attached hydrogen (secondary N) is 2. The molecule has 0 radical (unpaired) electrons. The van der Waals surface area contributed by atoms with Gasteiger partial charge in [-0.1, -0.05) is 29.8 Å². The summed E-state index contributed by atoms with van der Waals surface area (Å²) in [6.07, 6.45) is 0. The highest BCUT2D eigenvalue weighted by atomic mass is 16.2. The van der Waals surface area contributed by atoms with Gasteiger partial charge in [0.1, 0.15) is 6.54 Å². The van der Waals surface area contributed by atoms with Crippen molar-refractivity contribution >= 4 is 23.2 Å². The topological polar surface area (TPSA) is 57.1 Å². The second-order valence-electron chi connectivity index (χ2n) is 8.08. The smallest absolute Gasteiger partial charge is 0.280 e. The summed E-state index contributed by atoms with van der Waals surface area (Å²) in [6, 6.07) is 15.8. The lowest BCUT2D eigenvalue weighted by Crippen LogP contribution is -3.15. The summed E-state index contributed by atoms with van der Waals surface area (Å²) >= 11 is 0. The molecular formula is C24H35N4O2+. The van der Waals surface area contributed by atoms with Crippen LogP contribution in [0.3, 0.4) is 0 Å². The van der Waals surface area contributed by atoms with Gasteiger partial charge < -0.3 is 20.0 Å². The predicted molar refractivity (Wildman–Crippen MR) is 123 cm³/mol. The maximum Gasteiger partial charge on any atom is 0.280 e. The van der Waals surface area contributed by atoms with E-state index in [-0.39, 0.29) is 24.4 Å². The molecule has 0 spiro atoms. The van der Waals surface area contributed by atoms with Gasteiger partial charge in [-0.05, 0) is 45.0 Å². The van der Waals surface area contributed by atoms with E-state index in [1.807, 2.05) is 52.2 Å². The number of carbonyl (C=O) groups excluding carboxylic acids is 2. The lowest BCUT2D eigenvalue weighted by Gasteiger charge is -2.27. The summed E-state index contributed by atoms with van der Waals surface area (Å²) in [5.41, 5.74) is 4.21. The van der Waals surface area contributed by atoms with Crippen LogP contribution < -0.4 is 15.1 Å². The number of benzene rings is 2. The Labute approximate surface area is 180 Å². The van der Waals surface area contributed by atoms with Crippen molar-refractivity contribution in [2.45, 2.75) is 33.4 Å². The van der Waals surface area contributed by atoms with E-state index in [0.29, 0.717) is 0 Å². The van der Waals surface area contributed by atoms with Gasteiger partial charge in [0.05, 0.1) is 13.1 Å². The fourth-order valence-electron chi connectivity index (χ4n) is 3.39. The van der Waals surface area contributed by atoms with Crippen LogP contribution in [-0.2, 0) is 16.1 Å². The van der Waals surface area contributed by atoms with Crippen LogP contribution in [-0.4, -0.2) is 57.0 Å². The molecule has 0 fully saturated rings. The zero-order valence-electron chi connectivity index (χ0n) is 19.0. The Morgan fingerprint density at radius 1 is 1.00 bits per heavy atom. The predicted octanol–water partition coefficient (Wildman–Crippen LogP) is 1.95. The summed E-state index contributed by atoms with van der Waals surface area (Å²) < 4.78 is 0.